The summed E-state index contributed by atoms with van der Waals surface area (Å²) >= 11 is 0. The summed E-state index contributed by atoms with van der Waals surface area (Å²) in [5.41, 5.74) is 0.620. The molecule has 0 heterocycles. The van der Waals surface area contributed by atoms with Gasteiger partial charge in [0, 0.05) is 0 Å². The van der Waals surface area contributed by atoms with Crippen LogP contribution < -0.4 is 19.5 Å². The van der Waals surface area contributed by atoms with Gasteiger partial charge in [0.2, 0.25) is 0 Å². The van der Waals surface area contributed by atoms with E-state index < -0.39 is 0 Å². The highest BCUT2D eigenvalue weighted by Crippen LogP contribution is 2.27. The fourth-order valence-corrected chi connectivity index (χ4v) is 1.99. The first kappa shape index (κ1) is 16.7. The summed E-state index contributed by atoms with van der Waals surface area (Å²) in [6.07, 6.45) is 0.0258. The van der Waals surface area contributed by atoms with Crippen molar-refractivity contribution >= 4 is 11.6 Å². The van der Waals surface area contributed by atoms with Crippen LogP contribution >= 0.6 is 0 Å². The zero-order chi connectivity index (χ0) is 16.7. The summed E-state index contributed by atoms with van der Waals surface area (Å²) < 4.78 is 16.4. The van der Waals surface area contributed by atoms with Crippen LogP contribution in [0.25, 0.3) is 0 Å². The molecule has 0 bridgehead atoms. The van der Waals surface area contributed by atoms with Crippen LogP contribution in [0, 0.1) is 0 Å². The van der Waals surface area contributed by atoms with E-state index in [1.165, 1.54) is 0 Å². The Kier molecular flexibility index (Phi) is 5.86. The molecule has 0 saturated carbocycles. The molecule has 0 aliphatic carbocycles. The van der Waals surface area contributed by atoms with Crippen molar-refractivity contribution in [3.8, 4) is 17.2 Å². The van der Waals surface area contributed by atoms with Crippen molar-refractivity contribution in [2.45, 2.75) is 20.0 Å². The largest absolute Gasteiger partial charge is 0.493 e. The molecule has 0 atom stereocenters. The Balaban J connectivity index is 1.97. The summed E-state index contributed by atoms with van der Waals surface area (Å²) in [7, 11) is 1.56. The molecule has 1 N–H and O–H groups in total. The standard InChI is InChI=1S/C18H21NO4/c1-13(2)23-15-9-5-4-8-14(15)19-18(20)12-22-17-11-7-6-10-16(17)21-3/h4-11,13H,12H2,1-3H3,(H,19,20). The van der Waals surface area contributed by atoms with Crippen LogP contribution in [0.15, 0.2) is 48.5 Å². The van der Waals surface area contributed by atoms with Crippen molar-refractivity contribution in [1.82, 2.24) is 0 Å². The normalized spacial score (nSPS) is 10.3. The topological polar surface area (TPSA) is 56.8 Å². The quantitative estimate of drug-likeness (QED) is 0.849. The summed E-state index contributed by atoms with van der Waals surface area (Å²) in [5, 5.41) is 2.79. The van der Waals surface area contributed by atoms with Gasteiger partial charge in [0.1, 0.15) is 5.75 Å². The molecule has 0 radical (unpaired) electrons. The van der Waals surface area contributed by atoms with Gasteiger partial charge in [0.15, 0.2) is 18.1 Å². The summed E-state index contributed by atoms with van der Waals surface area (Å²) in [5.74, 6) is 1.48. The van der Waals surface area contributed by atoms with E-state index in [2.05, 4.69) is 5.32 Å². The number of para-hydroxylation sites is 4. The van der Waals surface area contributed by atoms with Gasteiger partial charge >= 0.3 is 0 Å². The Labute approximate surface area is 136 Å². The lowest BCUT2D eigenvalue weighted by atomic mass is 10.3. The summed E-state index contributed by atoms with van der Waals surface area (Å²) in [4.78, 5) is 12.1. The first-order chi connectivity index (χ1) is 11.1. The molecule has 0 saturated heterocycles. The lowest BCUT2D eigenvalue weighted by Crippen LogP contribution is -2.21. The molecule has 0 fully saturated rings. The molecule has 2 rings (SSSR count). The second-order valence-corrected chi connectivity index (χ2v) is 5.15. The number of rotatable bonds is 7. The van der Waals surface area contributed by atoms with Crippen molar-refractivity contribution in [3.05, 3.63) is 48.5 Å². The number of methoxy groups -OCH3 is 1. The second-order valence-electron chi connectivity index (χ2n) is 5.15. The van der Waals surface area contributed by atoms with E-state index in [1.54, 1.807) is 25.3 Å². The van der Waals surface area contributed by atoms with Crippen molar-refractivity contribution in [2.24, 2.45) is 0 Å². The fourth-order valence-electron chi connectivity index (χ4n) is 1.99. The predicted octanol–water partition coefficient (Wildman–Crippen LogP) is 3.50. The van der Waals surface area contributed by atoms with E-state index in [-0.39, 0.29) is 18.6 Å². The van der Waals surface area contributed by atoms with Crippen LogP contribution in [0.1, 0.15) is 13.8 Å². The van der Waals surface area contributed by atoms with Crippen molar-refractivity contribution < 1.29 is 19.0 Å². The van der Waals surface area contributed by atoms with Gasteiger partial charge in [-0.15, -0.1) is 0 Å². The molecule has 0 unspecified atom stereocenters. The number of anilines is 1. The minimum atomic E-state index is -0.268. The number of amides is 1. The third-order valence-electron chi connectivity index (χ3n) is 2.95. The summed E-state index contributed by atoms with van der Waals surface area (Å²) in [6, 6.07) is 14.5. The van der Waals surface area contributed by atoms with Crippen molar-refractivity contribution in [1.29, 1.82) is 0 Å². The number of hydrogen-bond acceptors (Lipinski definition) is 4. The minimum Gasteiger partial charge on any atom is -0.493 e. The highest BCUT2D eigenvalue weighted by atomic mass is 16.5. The maximum Gasteiger partial charge on any atom is 0.262 e. The maximum atomic E-state index is 12.1. The minimum absolute atomic E-state index is 0.0258. The molecule has 5 heteroatoms. The molecule has 0 aliphatic rings. The molecule has 1 amide bonds. The molecule has 122 valence electrons. The number of nitrogens with one attached hydrogen (secondary N) is 1. The number of carbonyl (C=O) groups is 1. The molecular formula is C18H21NO4. The SMILES string of the molecule is COc1ccccc1OCC(=O)Nc1ccccc1OC(C)C. The Morgan fingerprint density at radius 2 is 1.61 bits per heavy atom. The van der Waals surface area contributed by atoms with Crippen LogP contribution in [0.3, 0.4) is 0 Å². The van der Waals surface area contributed by atoms with E-state index in [4.69, 9.17) is 14.2 Å². The van der Waals surface area contributed by atoms with Gasteiger partial charge < -0.3 is 19.5 Å². The average Bonchev–Trinajstić information content (AvgIpc) is 2.54. The lowest BCUT2D eigenvalue weighted by molar-refractivity contribution is -0.118. The van der Waals surface area contributed by atoms with Crippen molar-refractivity contribution in [3.63, 3.8) is 0 Å². The molecule has 5 nitrogen and oxygen atoms in total. The maximum absolute atomic E-state index is 12.1. The predicted molar refractivity (Wildman–Crippen MR) is 89.3 cm³/mol. The summed E-state index contributed by atoms with van der Waals surface area (Å²) in [6.45, 7) is 3.75. The molecule has 2 aromatic rings. The highest BCUT2D eigenvalue weighted by molar-refractivity contribution is 5.93. The van der Waals surface area contributed by atoms with E-state index in [9.17, 15) is 4.79 Å². The number of ether oxygens (including phenoxy) is 3. The molecular weight excluding hydrogens is 294 g/mol. The average molecular weight is 315 g/mol. The van der Waals surface area contributed by atoms with Gasteiger partial charge in [-0.3, -0.25) is 4.79 Å². The third-order valence-corrected chi connectivity index (χ3v) is 2.95. The van der Waals surface area contributed by atoms with Gasteiger partial charge in [0.05, 0.1) is 18.9 Å². The van der Waals surface area contributed by atoms with Crippen molar-refractivity contribution in [2.75, 3.05) is 19.0 Å². The molecule has 23 heavy (non-hydrogen) atoms. The van der Waals surface area contributed by atoms with E-state index >= 15 is 0 Å². The van der Waals surface area contributed by atoms with Gasteiger partial charge in [-0.25, -0.2) is 0 Å². The van der Waals surface area contributed by atoms with Crippen LogP contribution in [-0.4, -0.2) is 25.7 Å². The number of benzene rings is 2. The Bertz CT molecular complexity index is 655. The molecule has 2 aromatic carbocycles. The number of carbonyl (C=O) groups excluding carboxylic acids is 1. The molecule has 0 spiro atoms. The van der Waals surface area contributed by atoms with E-state index in [0.717, 1.165) is 0 Å². The molecule has 0 aliphatic heterocycles. The Morgan fingerprint density at radius 1 is 1.00 bits per heavy atom. The Morgan fingerprint density at radius 3 is 2.26 bits per heavy atom. The van der Waals surface area contributed by atoms with Gasteiger partial charge in [-0.2, -0.15) is 0 Å². The molecule has 0 aromatic heterocycles. The lowest BCUT2D eigenvalue weighted by Gasteiger charge is -2.15. The van der Waals surface area contributed by atoms with Crippen LogP contribution in [0.5, 0.6) is 17.2 Å². The van der Waals surface area contributed by atoms with E-state index in [1.807, 2.05) is 44.2 Å². The zero-order valence-electron chi connectivity index (χ0n) is 13.5. The van der Waals surface area contributed by atoms with Crippen LogP contribution in [0.2, 0.25) is 0 Å². The third kappa shape index (κ3) is 4.92. The van der Waals surface area contributed by atoms with Crippen LogP contribution in [-0.2, 0) is 4.79 Å². The number of hydrogen-bond donors (Lipinski definition) is 1. The van der Waals surface area contributed by atoms with Crippen LogP contribution in [0.4, 0.5) is 5.69 Å². The monoisotopic (exact) mass is 315 g/mol. The highest BCUT2D eigenvalue weighted by Gasteiger charge is 2.10. The van der Waals surface area contributed by atoms with Gasteiger partial charge in [0.25, 0.3) is 5.91 Å². The first-order valence-electron chi connectivity index (χ1n) is 7.41. The van der Waals surface area contributed by atoms with Gasteiger partial charge in [-0.05, 0) is 38.1 Å². The smallest absolute Gasteiger partial charge is 0.262 e. The first-order valence-corrected chi connectivity index (χ1v) is 7.41. The zero-order valence-corrected chi connectivity index (χ0v) is 13.5. The second kappa shape index (κ2) is 8.08. The fraction of sp³-hybridized carbons (Fsp3) is 0.278. The van der Waals surface area contributed by atoms with E-state index in [0.29, 0.717) is 22.9 Å². The Hall–Kier alpha value is -2.69. The van der Waals surface area contributed by atoms with Gasteiger partial charge in [-0.1, -0.05) is 24.3 Å².